The first-order valence-corrected chi connectivity index (χ1v) is 4.19. The highest BCUT2D eigenvalue weighted by atomic mass is 16.6. The summed E-state index contributed by atoms with van der Waals surface area (Å²) in [6, 6.07) is 4.89. The normalized spacial score (nSPS) is 9.19. The zero-order valence-corrected chi connectivity index (χ0v) is 8.01. The van der Waals surface area contributed by atoms with E-state index < -0.39 is 16.6 Å². The van der Waals surface area contributed by atoms with Crippen LogP contribution in [0, 0.1) is 21.4 Å². The van der Waals surface area contributed by atoms with Crippen molar-refractivity contribution in [3.63, 3.8) is 0 Å². The predicted molar refractivity (Wildman–Crippen MR) is 53.6 cm³/mol. The van der Waals surface area contributed by atoms with Crippen molar-refractivity contribution in [1.82, 2.24) is 0 Å². The standard InChI is InChI=1S/C9H7N3O4/c10-4-3-9(14)11-7-2-1-6(12(15)16)5-8(7)13/h1-2,5,13H,3H2,(H,11,14). The zero-order valence-electron chi connectivity index (χ0n) is 8.01. The van der Waals surface area contributed by atoms with Gasteiger partial charge in [-0.3, -0.25) is 14.9 Å². The van der Waals surface area contributed by atoms with Crippen molar-refractivity contribution < 1.29 is 14.8 Å². The van der Waals surface area contributed by atoms with Gasteiger partial charge in [0.2, 0.25) is 5.91 Å². The van der Waals surface area contributed by atoms with Crippen molar-refractivity contribution in [2.75, 3.05) is 5.32 Å². The smallest absolute Gasteiger partial charge is 0.273 e. The number of anilines is 1. The second kappa shape index (κ2) is 4.75. The highest BCUT2D eigenvalue weighted by Crippen LogP contribution is 2.27. The largest absolute Gasteiger partial charge is 0.506 e. The number of carbonyl (C=O) groups is 1. The molecule has 0 aliphatic rings. The lowest BCUT2D eigenvalue weighted by molar-refractivity contribution is -0.384. The van der Waals surface area contributed by atoms with E-state index in [4.69, 9.17) is 5.26 Å². The second-order valence-corrected chi connectivity index (χ2v) is 2.84. The van der Waals surface area contributed by atoms with Gasteiger partial charge in [-0.15, -0.1) is 0 Å². The maximum absolute atomic E-state index is 11.0. The molecule has 1 amide bonds. The molecule has 0 aromatic heterocycles. The fourth-order valence-corrected chi connectivity index (χ4v) is 1.01. The zero-order chi connectivity index (χ0) is 12.1. The number of hydrogen-bond donors (Lipinski definition) is 2. The number of phenols is 1. The van der Waals surface area contributed by atoms with Crippen LogP contribution in [-0.4, -0.2) is 15.9 Å². The van der Waals surface area contributed by atoms with E-state index in [-0.39, 0.29) is 17.8 Å². The molecule has 0 atom stereocenters. The van der Waals surface area contributed by atoms with E-state index in [0.717, 1.165) is 12.1 Å². The summed E-state index contributed by atoms with van der Waals surface area (Å²) >= 11 is 0. The number of nitro benzene ring substituents is 1. The Kier molecular flexibility index (Phi) is 3.40. The van der Waals surface area contributed by atoms with Crippen molar-refractivity contribution in [2.45, 2.75) is 6.42 Å². The third kappa shape index (κ3) is 2.68. The van der Waals surface area contributed by atoms with E-state index in [1.54, 1.807) is 6.07 Å². The maximum Gasteiger partial charge on any atom is 0.273 e. The van der Waals surface area contributed by atoms with Crippen LogP contribution >= 0.6 is 0 Å². The fourth-order valence-electron chi connectivity index (χ4n) is 1.01. The van der Waals surface area contributed by atoms with Gasteiger partial charge in [-0.2, -0.15) is 5.26 Å². The summed E-state index contributed by atoms with van der Waals surface area (Å²) in [6.45, 7) is 0. The van der Waals surface area contributed by atoms with Crippen LogP contribution in [0.5, 0.6) is 5.75 Å². The SMILES string of the molecule is N#CCC(=O)Nc1ccc([N+](=O)[O-])cc1O. The van der Waals surface area contributed by atoms with Crippen LogP contribution < -0.4 is 5.32 Å². The number of aromatic hydroxyl groups is 1. The number of rotatable bonds is 3. The molecule has 1 aromatic carbocycles. The van der Waals surface area contributed by atoms with Gasteiger partial charge in [0.1, 0.15) is 12.2 Å². The Morgan fingerprint density at radius 3 is 2.81 bits per heavy atom. The molecule has 16 heavy (non-hydrogen) atoms. The topological polar surface area (TPSA) is 116 Å². The molecular formula is C9H7N3O4. The Bertz CT molecular complexity index is 478. The van der Waals surface area contributed by atoms with Crippen LogP contribution in [0.2, 0.25) is 0 Å². The third-order valence-electron chi connectivity index (χ3n) is 1.71. The van der Waals surface area contributed by atoms with Gasteiger partial charge in [-0.05, 0) is 6.07 Å². The number of amides is 1. The van der Waals surface area contributed by atoms with Crippen molar-refractivity contribution in [1.29, 1.82) is 5.26 Å². The summed E-state index contributed by atoms with van der Waals surface area (Å²) in [6.07, 6.45) is -0.351. The Morgan fingerprint density at radius 2 is 2.31 bits per heavy atom. The lowest BCUT2D eigenvalue weighted by atomic mass is 10.2. The van der Waals surface area contributed by atoms with E-state index in [0.29, 0.717) is 0 Å². The highest BCUT2D eigenvalue weighted by molar-refractivity contribution is 5.93. The average Bonchev–Trinajstić information content (AvgIpc) is 2.21. The molecule has 0 aliphatic heterocycles. The highest BCUT2D eigenvalue weighted by Gasteiger charge is 2.11. The first kappa shape index (κ1) is 11.5. The summed E-state index contributed by atoms with van der Waals surface area (Å²) in [7, 11) is 0. The van der Waals surface area contributed by atoms with E-state index in [2.05, 4.69) is 5.32 Å². The minimum absolute atomic E-state index is 0.0332. The lowest BCUT2D eigenvalue weighted by Crippen LogP contribution is -2.10. The second-order valence-electron chi connectivity index (χ2n) is 2.84. The monoisotopic (exact) mass is 221 g/mol. The van der Waals surface area contributed by atoms with Gasteiger partial charge in [0.05, 0.1) is 22.7 Å². The van der Waals surface area contributed by atoms with Gasteiger partial charge >= 0.3 is 0 Å². The lowest BCUT2D eigenvalue weighted by Gasteiger charge is -2.04. The summed E-state index contributed by atoms with van der Waals surface area (Å²) in [5.41, 5.74) is -0.248. The Hall–Kier alpha value is -2.62. The number of non-ortho nitro benzene ring substituents is 1. The number of nitrogens with zero attached hydrogens (tertiary/aromatic N) is 2. The van der Waals surface area contributed by atoms with Crippen molar-refractivity contribution in [3.8, 4) is 11.8 Å². The van der Waals surface area contributed by atoms with Crippen LogP contribution in [0.25, 0.3) is 0 Å². The Balaban J connectivity index is 2.88. The summed E-state index contributed by atoms with van der Waals surface area (Å²) in [4.78, 5) is 20.7. The molecule has 2 N–H and O–H groups in total. The molecule has 0 aliphatic carbocycles. The third-order valence-corrected chi connectivity index (χ3v) is 1.71. The molecule has 7 nitrogen and oxygen atoms in total. The van der Waals surface area contributed by atoms with E-state index >= 15 is 0 Å². The number of phenolic OH excluding ortho intramolecular Hbond substituents is 1. The van der Waals surface area contributed by atoms with Crippen LogP contribution in [0.1, 0.15) is 6.42 Å². The molecule has 1 rings (SSSR count). The molecule has 1 aromatic rings. The summed E-state index contributed by atoms with van der Waals surface area (Å²) in [5, 5.41) is 30.2. The molecule has 0 unspecified atom stereocenters. The van der Waals surface area contributed by atoms with Gasteiger partial charge < -0.3 is 10.4 Å². The quantitative estimate of drug-likeness (QED) is 0.451. The molecule has 0 radical (unpaired) electrons. The maximum atomic E-state index is 11.0. The molecule has 0 fully saturated rings. The number of nitrogens with one attached hydrogen (secondary N) is 1. The predicted octanol–water partition coefficient (Wildman–Crippen LogP) is 1.15. The van der Waals surface area contributed by atoms with Crippen molar-refractivity contribution in [3.05, 3.63) is 28.3 Å². The molecule has 0 saturated carbocycles. The molecule has 7 heteroatoms. The number of nitro groups is 1. The summed E-state index contributed by atoms with van der Waals surface area (Å²) in [5.74, 6) is -1.01. The van der Waals surface area contributed by atoms with E-state index in [9.17, 15) is 20.0 Å². The molecule has 0 bridgehead atoms. The van der Waals surface area contributed by atoms with Gasteiger partial charge in [-0.25, -0.2) is 0 Å². The van der Waals surface area contributed by atoms with Gasteiger partial charge in [0.25, 0.3) is 5.69 Å². The minimum atomic E-state index is -0.666. The van der Waals surface area contributed by atoms with Crippen LogP contribution in [-0.2, 0) is 4.79 Å². The minimum Gasteiger partial charge on any atom is -0.506 e. The van der Waals surface area contributed by atoms with E-state index in [1.807, 2.05) is 0 Å². The molecule has 82 valence electrons. The molecule has 0 spiro atoms. The number of benzene rings is 1. The first-order valence-electron chi connectivity index (χ1n) is 4.19. The Morgan fingerprint density at radius 1 is 1.62 bits per heavy atom. The van der Waals surface area contributed by atoms with Gasteiger partial charge in [0.15, 0.2) is 0 Å². The fraction of sp³-hybridized carbons (Fsp3) is 0.111. The average molecular weight is 221 g/mol. The number of nitriles is 1. The van der Waals surface area contributed by atoms with Crippen molar-refractivity contribution >= 4 is 17.3 Å². The molecule has 0 heterocycles. The van der Waals surface area contributed by atoms with Crippen LogP contribution in [0.4, 0.5) is 11.4 Å². The van der Waals surface area contributed by atoms with Gasteiger partial charge in [0, 0.05) is 6.07 Å². The van der Waals surface area contributed by atoms with Gasteiger partial charge in [-0.1, -0.05) is 0 Å². The Labute approximate surface area is 90.1 Å². The molecule has 0 saturated heterocycles. The summed E-state index contributed by atoms with van der Waals surface area (Å²) < 4.78 is 0. The number of hydrogen-bond acceptors (Lipinski definition) is 5. The number of carbonyl (C=O) groups excluding carboxylic acids is 1. The van der Waals surface area contributed by atoms with Crippen LogP contribution in [0.3, 0.4) is 0 Å². The molecular weight excluding hydrogens is 214 g/mol. The first-order chi connectivity index (χ1) is 7.54. The van der Waals surface area contributed by atoms with Crippen molar-refractivity contribution in [2.24, 2.45) is 0 Å². The van der Waals surface area contributed by atoms with E-state index in [1.165, 1.54) is 6.07 Å². The van der Waals surface area contributed by atoms with Crippen LogP contribution in [0.15, 0.2) is 18.2 Å².